The van der Waals surface area contributed by atoms with Crippen LogP contribution >= 0.6 is 0 Å². The molecule has 1 aromatic carbocycles. The van der Waals surface area contributed by atoms with Crippen LogP contribution < -0.4 is 4.74 Å². The minimum absolute atomic E-state index is 0.417. The molecule has 17 heavy (non-hydrogen) atoms. The summed E-state index contributed by atoms with van der Waals surface area (Å²) in [5.41, 5.74) is 1.65. The molecule has 1 heterocycles. The second-order valence-corrected chi connectivity index (χ2v) is 3.43. The van der Waals surface area contributed by atoms with Crippen molar-refractivity contribution in [3.8, 4) is 5.75 Å². The average Bonchev–Trinajstić information content (AvgIpc) is 2.39. The van der Waals surface area contributed by atoms with Crippen LogP contribution in [0.3, 0.4) is 0 Å². The van der Waals surface area contributed by atoms with Crippen molar-refractivity contribution in [3.63, 3.8) is 0 Å². The van der Waals surface area contributed by atoms with Crippen molar-refractivity contribution < 1.29 is 9.94 Å². The maximum Gasteiger partial charge on any atom is 0.130 e. The Labute approximate surface area is 99.2 Å². The average molecular weight is 228 g/mol. The fourth-order valence-electron chi connectivity index (χ4n) is 1.39. The summed E-state index contributed by atoms with van der Waals surface area (Å²) in [5, 5.41) is 11.4. The largest absolute Gasteiger partial charge is 0.487 e. The van der Waals surface area contributed by atoms with Gasteiger partial charge in [0.25, 0.3) is 0 Å². The number of hydrogen-bond donors (Lipinski definition) is 1. The van der Waals surface area contributed by atoms with Gasteiger partial charge in [0.2, 0.25) is 0 Å². The molecule has 0 amide bonds. The standard InChI is InChI=1S/C13H12N2O2/c16-15-9-11-4-3-6-13(8-11)17-10-12-5-1-2-7-14-12/h1-9,16H,10H2. The SMILES string of the molecule is ON=Cc1cccc(OCc2ccccn2)c1. The summed E-state index contributed by atoms with van der Waals surface area (Å²) < 4.78 is 5.57. The maximum absolute atomic E-state index is 8.44. The fourth-order valence-corrected chi connectivity index (χ4v) is 1.39. The van der Waals surface area contributed by atoms with Crippen molar-refractivity contribution in [2.75, 3.05) is 0 Å². The highest BCUT2D eigenvalue weighted by Crippen LogP contribution is 2.13. The zero-order valence-electron chi connectivity index (χ0n) is 9.15. The van der Waals surface area contributed by atoms with Gasteiger partial charge in [-0.25, -0.2) is 0 Å². The molecule has 4 nitrogen and oxygen atoms in total. The first-order valence-electron chi connectivity index (χ1n) is 5.19. The Morgan fingerprint density at radius 2 is 2.18 bits per heavy atom. The molecule has 0 aliphatic carbocycles. The van der Waals surface area contributed by atoms with E-state index >= 15 is 0 Å². The Morgan fingerprint density at radius 3 is 2.94 bits per heavy atom. The molecule has 0 spiro atoms. The zero-order valence-corrected chi connectivity index (χ0v) is 9.15. The summed E-state index contributed by atoms with van der Waals surface area (Å²) in [6.07, 6.45) is 3.08. The normalized spacial score (nSPS) is 10.6. The van der Waals surface area contributed by atoms with Gasteiger partial charge in [0, 0.05) is 6.20 Å². The number of aromatic nitrogens is 1. The van der Waals surface area contributed by atoms with E-state index in [9.17, 15) is 0 Å². The van der Waals surface area contributed by atoms with Gasteiger partial charge < -0.3 is 9.94 Å². The van der Waals surface area contributed by atoms with Gasteiger partial charge >= 0.3 is 0 Å². The molecule has 0 bridgehead atoms. The summed E-state index contributed by atoms with van der Waals surface area (Å²) in [7, 11) is 0. The predicted molar refractivity (Wildman–Crippen MR) is 64.4 cm³/mol. The molecule has 2 aromatic rings. The van der Waals surface area contributed by atoms with Gasteiger partial charge in [-0.2, -0.15) is 0 Å². The molecule has 0 saturated heterocycles. The highest BCUT2D eigenvalue weighted by molar-refractivity contribution is 5.79. The van der Waals surface area contributed by atoms with Crippen molar-refractivity contribution in [1.29, 1.82) is 0 Å². The monoisotopic (exact) mass is 228 g/mol. The number of ether oxygens (including phenoxy) is 1. The number of pyridine rings is 1. The number of rotatable bonds is 4. The molecule has 86 valence electrons. The van der Waals surface area contributed by atoms with E-state index in [1.54, 1.807) is 12.3 Å². The molecule has 0 saturated carbocycles. The topological polar surface area (TPSA) is 54.7 Å². The van der Waals surface area contributed by atoms with E-state index in [1.807, 2.05) is 36.4 Å². The minimum atomic E-state index is 0.417. The van der Waals surface area contributed by atoms with E-state index in [0.29, 0.717) is 12.4 Å². The number of oxime groups is 1. The van der Waals surface area contributed by atoms with Crippen LogP contribution in [-0.4, -0.2) is 16.4 Å². The number of hydrogen-bond acceptors (Lipinski definition) is 4. The Morgan fingerprint density at radius 1 is 1.24 bits per heavy atom. The van der Waals surface area contributed by atoms with Crippen LogP contribution in [0.2, 0.25) is 0 Å². The highest BCUT2D eigenvalue weighted by Gasteiger charge is 1.97. The summed E-state index contributed by atoms with van der Waals surface area (Å²) in [4.78, 5) is 4.16. The first-order chi connectivity index (χ1) is 8.38. The Bertz CT molecular complexity index is 498. The quantitative estimate of drug-likeness (QED) is 0.497. The van der Waals surface area contributed by atoms with Crippen LogP contribution in [0.25, 0.3) is 0 Å². The zero-order chi connectivity index (χ0) is 11.9. The summed E-state index contributed by atoms with van der Waals surface area (Å²) in [6, 6.07) is 13.0. The van der Waals surface area contributed by atoms with E-state index < -0.39 is 0 Å². The number of nitrogens with zero attached hydrogens (tertiary/aromatic N) is 2. The lowest BCUT2D eigenvalue weighted by atomic mass is 10.2. The van der Waals surface area contributed by atoms with Crippen LogP contribution in [0.15, 0.2) is 53.8 Å². The van der Waals surface area contributed by atoms with Crippen LogP contribution in [0.5, 0.6) is 5.75 Å². The Hall–Kier alpha value is -2.36. The predicted octanol–water partition coefficient (Wildman–Crippen LogP) is 2.47. The van der Waals surface area contributed by atoms with Crippen molar-refractivity contribution in [1.82, 2.24) is 4.98 Å². The molecule has 0 atom stereocenters. The lowest BCUT2D eigenvalue weighted by Crippen LogP contribution is -1.97. The lowest BCUT2D eigenvalue weighted by Gasteiger charge is -2.05. The van der Waals surface area contributed by atoms with E-state index in [0.717, 1.165) is 11.3 Å². The minimum Gasteiger partial charge on any atom is -0.487 e. The van der Waals surface area contributed by atoms with Gasteiger partial charge in [0.05, 0.1) is 11.9 Å². The summed E-state index contributed by atoms with van der Waals surface area (Å²) >= 11 is 0. The van der Waals surface area contributed by atoms with Crippen molar-refractivity contribution in [2.45, 2.75) is 6.61 Å². The van der Waals surface area contributed by atoms with E-state index in [2.05, 4.69) is 10.1 Å². The van der Waals surface area contributed by atoms with E-state index in [-0.39, 0.29) is 0 Å². The molecule has 0 aliphatic heterocycles. The summed E-state index contributed by atoms with van der Waals surface area (Å²) in [5.74, 6) is 0.716. The van der Waals surface area contributed by atoms with Crippen molar-refractivity contribution >= 4 is 6.21 Å². The summed E-state index contributed by atoms with van der Waals surface area (Å²) in [6.45, 7) is 0.417. The molecule has 1 N–H and O–H groups in total. The third-order valence-electron chi connectivity index (χ3n) is 2.18. The lowest BCUT2D eigenvalue weighted by molar-refractivity contribution is 0.301. The molecule has 4 heteroatoms. The van der Waals surface area contributed by atoms with Gasteiger partial charge in [0.1, 0.15) is 12.4 Å². The second-order valence-electron chi connectivity index (χ2n) is 3.43. The second kappa shape index (κ2) is 5.65. The molecule has 0 aliphatic rings. The van der Waals surface area contributed by atoms with Gasteiger partial charge in [-0.15, -0.1) is 0 Å². The molecule has 0 unspecified atom stereocenters. The van der Waals surface area contributed by atoms with Crippen LogP contribution in [0.1, 0.15) is 11.3 Å². The fraction of sp³-hybridized carbons (Fsp3) is 0.0769. The van der Waals surface area contributed by atoms with Gasteiger partial charge in [0.15, 0.2) is 0 Å². The Balaban J connectivity index is 2.02. The van der Waals surface area contributed by atoms with Crippen LogP contribution in [0, 0.1) is 0 Å². The van der Waals surface area contributed by atoms with Gasteiger partial charge in [-0.3, -0.25) is 4.98 Å². The molecule has 2 rings (SSSR count). The molecule has 0 fully saturated rings. The first kappa shape index (κ1) is 11.1. The molecule has 1 aromatic heterocycles. The maximum atomic E-state index is 8.44. The molecular formula is C13H12N2O2. The van der Waals surface area contributed by atoms with Crippen LogP contribution in [0.4, 0.5) is 0 Å². The number of benzene rings is 1. The van der Waals surface area contributed by atoms with E-state index in [1.165, 1.54) is 6.21 Å². The third kappa shape index (κ3) is 3.31. The van der Waals surface area contributed by atoms with Gasteiger partial charge in [-0.1, -0.05) is 23.4 Å². The van der Waals surface area contributed by atoms with Crippen molar-refractivity contribution in [2.24, 2.45) is 5.16 Å². The van der Waals surface area contributed by atoms with Crippen LogP contribution in [-0.2, 0) is 6.61 Å². The smallest absolute Gasteiger partial charge is 0.130 e. The Kier molecular flexibility index (Phi) is 3.70. The van der Waals surface area contributed by atoms with Crippen molar-refractivity contribution in [3.05, 3.63) is 59.9 Å². The highest BCUT2D eigenvalue weighted by atomic mass is 16.5. The molecular weight excluding hydrogens is 216 g/mol. The third-order valence-corrected chi connectivity index (χ3v) is 2.18. The van der Waals surface area contributed by atoms with Gasteiger partial charge in [-0.05, 0) is 29.8 Å². The molecule has 0 radical (unpaired) electrons. The van der Waals surface area contributed by atoms with E-state index in [4.69, 9.17) is 9.94 Å². The first-order valence-corrected chi connectivity index (χ1v) is 5.19.